The van der Waals surface area contributed by atoms with Crippen LogP contribution >= 0.6 is 11.3 Å². The van der Waals surface area contributed by atoms with Gasteiger partial charge in [-0.2, -0.15) is 0 Å². The smallest absolute Gasteiger partial charge is 0.340 e. The number of non-ortho nitro benzene ring substituents is 1. The number of hydrogen-bond donors (Lipinski definition) is 1. The molecular weight excluding hydrogens is 384 g/mol. The standard InChI is InChI=1S/C18H16N4O5S/c23-17-16-13(5-8-28-16)19-15(20-17)10-27-18(24)12-9-11(22(25)26)3-4-14(12)21-6-1-2-7-21/h3-5,8-9H,1-2,6-7,10H2,(H,19,20,23). The number of anilines is 1. The van der Waals surface area contributed by atoms with Gasteiger partial charge < -0.3 is 14.6 Å². The number of benzene rings is 1. The third-order valence-corrected chi connectivity index (χ3v) is 5.46. The number of H-pyrrole nitrogens is 1. The number of aromatic nitrogens is 2. The summed E-state index contributed by atoms with van der Waals surface area (Å²) in [4.78, 5) is 44.1. The van der Waals surface area contributed by atoms with Gasteiger partial charge in [0.2, 0.25) is 0 Å². The third-order valence-electron chi connectivity index (χ3n) is 4.56. The SMILES string of the molecule is O=C(OCc1nc2ccsc2c(=O)[nH]1)c1cc([N+](=O)[O-])ccc1N1CCCC1. The van der Waals surface area contributed by atoms with Gasteiger partial charge in [-0.05, 0) is 30.4 Å². The van der Waals surface area contributed by atoms with Gasteiger partial charge in [0, 0.05) is 25.2 Å². The van der Waals surface area contributed by atoms with E-state index in [1.165, 1.54) is 23.5 Å². The number of thiophene rings is 1. The summed E-state index contributed by atoms with van der Waals surface area (Å²) >= 11 is 1.28. The minimum atomic E-state index is -0.696. The fourth-order valence-corrected chi connectivity index (χ4v) is 3.96. The molecule has 4 rings (SSSR count). The lowest BCUT2D eigenvalue weighted by atomic mass is 10.1. The van der Waals surface area contributed by atoms with Crippen LogP contribution in [0.25, 0.3) is 10.2 Å². The monoisotopic (exact) mass is 400 g/mol. The Labute approximate surface area is 162 Å². The van der Waals surface area contributed by atoms with Crippen LogP contribution in [0.2, 0.25) is 0 Å². The van der Waals surface area contributed by atoms with Crippen molar-refractivity contribution in [2.75, 3.05) is 18.0 Å². The van der Waals surface area contributed by atoms with Crippen molar-refractivity contribution >= 4 is 38.9 Å². The van der Waals surface area contributed by atoms with Crippen molar-refractivity contribution < 1.29 is 14.5 Å². The quantitative estimate of drug-likeness (QED) is 0.397. The molecule has 0 atom stereocenters. The molecule has 0 amide bonds. The van der Waals surface area contributed by atoms with Gasteiger partial charge in [0.15, 0.2) is 0 Å². The highest BCUT2D eigenvalue weighted by atomic mass is 32.1. The van der Waals surface area contributed by atoms with E-state index in [2.05, 4.69) is 9.97 Å². The van der Waals surface area contributed by atoms with Gasteiger partial charge in [-0.3, -0.25) is 14.9 Å². The number of nitrogens with zero attached hydrogens (tertiary/aromatic N) is 3. The number of nitrogens with one attached hydrogen (secondary N) is 1. The molecule has 9 nitrogen and oxygen atoms in total. The molecule has 1 aromatic carbocycles. The summed E-state index contributed by atoms with van der Waals surface area (Å²) < 4.78 is 5.82. The number of hydrogen-bond acceptors (Lipinski definition) is 8. The summed E-state index contributed by atoms with van der Waals surface area (Å²) in [7, 11) is 0. The molecule has 0 aliphatic carbocycles. The maximum absolute atomic E-state index is 12.7. The third kappa shape index (κ3) is 3.46. The Balaban J connectivity index is 1.59. The van der Waals surface area contributed by atoms with E-state index in [-0.39, 0.29) is 29.2 Å². The van der Waals surface area contributed by atoms with Crippen LogP contribution in [0, 0.1) is 10.1 Å². The molecule has 0 spiro atoms. The van der Waals surface area contributed by atoms with Crippen molar-refractivity contribution in [1.29, 1.82) is 0 Å². The van der Waals surface area contributed by atoms with Crippen LogP contribution in [0.5, 0.6) is 0 Å². The summed E-state index contributed by atoms with van der Waals surface area (Å²) in [5, 5.41) is 12.9. The molecule has 1 aliphatic rings. The molecule has 1 fully saturated rings. The predicted molar refractivity (Wildman–Crippen MR) is 104 cm³/mol. The Morgan fingerprint density at radius 1 is 1.32 bits per heavy atom. The summed E-state index contributed by atoms with van der Waals surface area (Å²) in [6.07, 6.45) is 1.99. The predicted octanol–water partition coefficient (Wildman–Crippen LogP) is 2.85. The zero-order valence-electron chi connectivity index (χ0n) is 14.7. The van der Waals surface area contributed by atoms with Crippen LogP contribution in [-0.4, -0.2) is 34.0 Å². The van der Waals surface area contributed by atoms with Gasteiger partial charge in [-0.25, -0.2) is 9.78 Å². The molecule has 0 unspecified atom stereocenters. The molecule has 3 heterocycles. The Kier molecular flexibility index (Phi) is 4.78. The van der Waals surface area contributed by atoms with E-state index in [4.69, 9.17) is 4.74 Å². The molecule has 0 bridgehead atoms. The highest BCUT2D eigenvalue weighted by Gasteiger charge is 2.23. The lowest BCUT2D eigenvalue weighted by Crippen LogP contribution is -2.21. The molecular formula is C18H16N4O5S. The number of fused-ring (bicyclic) bond motifs is 1. The number of carbonyl (C=O) groups excluding carboxylic acids is 1. The summed E-state index contributed by atoms with van der Waals surface area (Å²) in [6, 6.07) is 5.91. The van der Waals surface area contributed by atoms with Gasteiger partial charge in [0.1, 0.15) is 17.1 Å². The first-order chi connectivity index (χ1) is 13.5. The first-order valence-corrected chi connectivity index (χ1v) is 9.58. The van der Waals surface area contributed by atoms with Crippen molar-refractivity contribution in [1.82, 2.24) is 9.97 Å². The molecule has 28 heavy (non-hydrogen) atoms. The normalized spacial score (nSPS) is 13.8. The van der Waals surface area contributed by atoms with E-state index in [0.29, 0.717) is 15.9 Å². The van der Waals surface area contributed by atoms with Crippen LogP contribution in [0.4, 0.5) is 11.4 Å². The fourth-order valence-electron chi connectivity index (χ4n) is 3.24. The summed E-state index contributed by atoms with van der Waals surface area (Å²) in [6.45, 7) is 1.32. The van der Waals surface area contributed by atoms with E-state index in [1.807, 2.05) is 4.90 Å². The number of esters is 1. The zero-order valence-corrected chi connectivity index (χ0v) is 15.5. The molecule has 3 aromatic rings. The van der Waals surface area contributed by atoms with Crippen LogP contribution in [0.3, 0.4) is 0 Å². The molecule has 10 heteroatoms. The second-order valence-electron chi connectivity index (χ2n) is 6.38. The fraction of sp³-hybridized carbons (Fsp3) is 0.278. The lowest BCUT2D eigenvalue weighted by Gasteiger charge is -2.20. The number of aromatic amines is 1. The van der Waals surface area contributed by atoms with E-state index in [0.717, 1.165) is 25.9 Å². The number of carbonyl (C=O) groups is 1. The minimum absolute atomic E-state index is 0.134. The molecule has 1 N–H and O–H groups in total. The van der Waals surface area contributed by atoms with Gasteiger partial charge in [-0.15, -0.1) is 11.3 Å². The Hall–Kier alpha value is -3.27. The van der Waals surface area contributed by atoms with Crippen molar-refractivity contribution in [2.45, 2.75) is 19.4 Å². The maximum Gasteiger partial charge on any atom is 0.340 e. The first kappa shape index (κ1) is 18.1. The van der Waals surface area contributed by atoms with E-state index >= 15 is 0 Å². The summed E-state index contributed by atoms with van der Waals surface area (Å²) in [5.41, 5.74) is 0.811. The number of rotatable bonds is 5. The maximum atomic E-state index is 12.7. The first-order valence-electron chi connectivity index (χ1n) is 8.70. The van der Waals surface area contributed by atoms with Crippen molar-refractivity contribution in [3.63, 3.8) is 0 Å². The van der Waals surface area contributed by atoms with Gasteiger partial charge in [-0.1, -0.05) is 0 Å². The molecule has 144 valence electrons. The molecule has 0 saturated carbocycles. The van der Waals surface area contributed by atoms with Crippen LogP contribution < -0.4 is 10.5 Å². The van der Waals surface area contributed by atoms with Gasteiger partial charge in [0.05, 0.1) is 21.7 Å². The largest absolute Gasteiger partial charge is 0.454 e. The minimum Gasteiger partial charge on any atom is -0.454 e. The second-order valence-corrected chi connectivity index (χ2v) is 7.29. The van der Waals surface area contributed by atoms with E-state index in [9.17, 15) is 19.7 Å². The number of ether oxygens (including phenoxy) is 1. The van der Waals surface area contributed by atoms with Crippen LogP contribution in [-0.2, 0) is 11.3 Å². The van der Waals surface area contributed by atoms with Gasteiger partial charge in [0.25, 0.3) is 11.2 Å². The van der Waals surface area contributed by atoms with Crippen LogP contribution in [0.1, 0.15) is 29.0 Å². The lowest BCUT2D eigenvalue weighted by molar-refractivity contribution is -0.384. The number of nitro groups is 1. The molecule has 1 aliphatic heterocycles. The van der Waals surface area contributed by atoms with Crippen molar-refractivity contribution in [3.05, 3.63) is 61.5 Å². The summed E-state index contributed by atoms with van der Waals surface area (Å²) in [5.74, 6) is -0.476. The second kappa shape index (κ2) is 7.39. The Morgan fingerprint density at radius 2 is 2.11 bits per heavy atom. The highest BCUT2D eigenvalue weighted by molar-refractivity contribution is 7.17. The van der Waals surface area contributed by atoms with Crippen molar-refractivity contribution in [2.24, 2.45) is 0 Å². The topological polar surface area (TPSA) is 118 Å². The average molecular weight is 400 g/mol. The zero-order chi connectivity index (χ0) is 19.7. The Bertz CT molecular complexity index is 1120. The average Bonchev–Trinajstić information content (AvgIpc) is 3.37. The Morgan fingerprint density at radius 3 is 2.86 bits per heavy atom. The molecule has 1 saturated heterocycles. The van der Waals surface area contributed by atoms with Crippen molar-refractivity contribution in [3.8, 4) is 0 Å². The van der Waals surface area contributed by atoms with Gasteiger partial charge >= 0.3 is 5.97 Å². The number of nitro benzene ring substituents is 1. The highest BCUT2D eigenvalue weighted by Crippen LogP contribution is 2.29. The van der Waals surface area contributed by atoms with E-state index in [1.54, 1.807) is 17.5 Å². The van der Waals surface area contributed by atoms with Crippen LogP contribution in [0.15, 0.2) is 34.4 Å². The molecule has 0 radical (unpaired) electrons. The molecule has 2 aromatic heterocycles. The van der Waals surface area contributed by atoms with E-state index < -0.39 is 10.9 Å².